The van der Waals surface area contributed by atoms with Gasteiger partial charge < -0.3 is 10.1 Å². The predicted octanol–water partition coefficient (Wildman–Crippen LogP) is 4.23. The van der Waals surface area contributed by atoms with Crippen LogP contribution in [0.25, 0.3) is 10.8 Å². The molecule has 1 atom stereocenters. The summed E-state index contributed by atoms with van der Waals surface area (Å²) in [4.78, 5) is 16.2. The Morgan fingerprint density at radius 2 is 1.89 bits per heavy atom. The quantitative estimate of drug-likeness (QED) is 0.667. The number of nitrogens with one attached hydrogen (secondary N) is 1. The molecule has 1 aliphatic rings. The number of hydrogen-bond acceptors (Lipinski definition) is 4. The van der Waals surface area contributed by atoms with Crippen LogP contribution in [0.1, 0.15) is 23.8 Å². The first-order valence-electron chi connectivity index (χ1n) is 9.46. The molecule has 1 N–H and O–H groups in total. The summed E-state index contributed by atoms with van der Waals surface area (Å²) in [5.41, 5.74) is 0. The highest BCUT2D eigenvalue weighted by molar-refractivity contribution is 7.10. The lowest BCUT2D eigenvalue weighted by Crippen LogP contribution is -2.38. The monoisotopic (exact) mass is 380 g/mol. The van der Waals surface area contributed by atoms with Crippen LogP contribution < -0.4 is 10.1 Å². The van der Waals surface area contributed by atoms with Gasteiger partial charge in [-0.05, 0) is 48.8 Å². The van der Waals surface area contributed by atoms with Gasteiger partial charge in [0.2, 0.25) is 0 Å². The Labute approximate surface area is 163 Å². The summed E-state index contributed by atoms with van der Waals surface area (Å²) >= 11 is 1.76. The number of rotatable bonds is 7. The maximum Gasteiger partial charge on any atom is 0.258 e. The zero-order valence-corrected chi connectivity index (χ0v) is 16.1. The topological polar surface area (TPSA) is 41.6 Å². The van der Waals surface area contributed by atoms with Crippen LogP contribution >= 0.6 is 11.3 Å². The van der Waals surface area contributed by atoms with Crippen LogP contribution in [0.3, 0.4) is 0 Å². The Hall–Kier alpha value is -2.37. The van der Waals surface area contributed by atoms with Crippen molar-refractivity contribution >= 4 is 28.0 Å². The van der Waals surface area contributed by atoms with E-state index in [0.29, 0.717) is 6.54 Å². The fourth-order valence-electron chi connectivity index (χ4n) is 3.67. The van der Waals surface area contributed by atoms with Crippen LogP contribution in [0, 0.1) is 0 Å². The zero-order chi connectivity index (χ0) is 18.5. The molecule has 0 saturated carbocycles. The van der Waals surface area contributed by atoms with E-state index in [-0.39, 0.29) is 18.6 Å². The number of nitrogens with zero attached hydrogens (tertiary/aromatic N) is 1. The zero-order valence-electron chi connectivity index (χ0n) is 15.3. The summed E-state index contributed by atoms with van der Waals surface area (Å²) < 4.78 is 5.81. The van der Waals surface area contributed by atoms with Crippen molar-refractivity contribution in [2.24, 2.45) is 0 Å². The van der Waals surface area contributed by atoms with E-state index in [2.05, 4.69) is 27.7 Å². The van der Waals surface area contributed by atoms with E-state index >= 15 is 0 Å². The molecule has 1 aliphatic heterocycles. The van der Waals surface area contributed by atoms with Crippen LogP contribution in [-0.2, 0) is 4.79 Å². The summed E-state index contributed by atoms with van der Waals surface area (Å²) in [5.74, 6) is 0.668. The van der Waals surface area contributed by atoms with E-state index in [1.165, 1.54) is 17.7 Å². The Kier molecular flexibility index (Phi) is 5.70. The highest BCUT2D eigenvalue weighted by Gasteiger charge is 2.24. The number of carbonyl (C=O) groups excluding carboxylic acids is 1. The number of hydrogen-bond donors (Lipinski definition) is 1. The fourth-order valence-corrected chi connectivity index (χ4v) is 4.53. The summed E-state index contributed by atoms with van der Waals surface area (Å²) in [6.45, 7) is 2.86. The van der Waals surface area contributed by atoms with Gasteiger partial charge >= 0.3 is 0 Å². The van der Waals surface area contributed by atoms with E-state index in [1.807, 2.05) is 42.5 Å². The van der Waals surface area contributed by atoms with Crippen molar-refractivity contribution in [2.45, 2.75) is 18.9 Å². The van der Waals surface area contributed by atoms with Crippen LogP contribution in [0.15, 0.2) is 60.0 Å². The van der Waals surface area contributed by atoms with Crippen LogP contribution in [0.4, 0.5) is 0 Å². The highest BCUT2D eigenvalue weighted by atomic mass is 32.1. The molecular formula is C22H24N2O2S. The minimum atomic E-state index is -0.0799. The smallest absolute Gasteiger partial charge is 0.258 e. The molecule has 1 fully saturated rings. The number of thiophene rings is 1. The molecule has 0 aliphatic carbocycles. The van der Waals surface area contributed by atoms with Crippen molar-refractivity contribution in [3.05, 3.63) is 64.9 Å². The number of carbonyl (C=O) groups is 1. The van der Waals surface area contributed by atoms with Crippen molar-refractivity contribution in [2.75, 3.05) is 26.2 Å². The second kappa shape index (κ2) is 8.55. The molecule has 1 amide bonds. The lowest BCUT2D eigenvalue weighted by molar-refractivity contribution is -0.123. The van der Waals surface area contributed by atoms with Crippen molar-refractivity contribution in [1.82, 2.24) is 10.2 Å². The lowest BCUT2D eigenvalue weighted by atomic mass is 10.1. The number of likely N-dealkylation sites (tertiary alicyclic amines) is 1. The van der Waals surface area contributed by atoms with Gasteiger partial charge in [0.15, 0.2) is 6.61 Å². The molecule has 4 rings (SSSR count). The Morgan fingerprint density at radius 1 is 1.07 bits per heavy atom. The Balaban J connectivity index is 1.36. The molecule has 0 radical (unpaired) electrons. The molecule has 5 heteroatoms. The minimum Gasteiger partial charge on any atom is -0.483 e. The fraction of sp³-hybridized carbons (Fsp3) is 0.318. The molecule has 1 saturated heterocycles. The van der Waals surface area contributed by atoms with Gasteiger partial charge in [0.05, 0.1) is 6.04 Å². The van der Waals surface area contributed by atoms with Gasteiger partial charge in [-0.3, -0.25) is 9.69 Å². The third kappa shape index (κ3) is 4.31. The molecule has 1 aromatic heterocycles. The van der Waals surface area contributed by atoms with Crippen molar-refractivity contribution < 1.29 is 9.53 Å². The van der Waals surface area contributed by atoms with Gasteiger partial charge in [-0.2, -0.15) is 0 Å². The summed E-state index contributed by atoms with van der Waals surface area (Å²) in [7, 11) is 0. The molecule has 0 bridgehead atoms. The first-order valence-corrected chi connectivity index (χ1v) is 10.3. The summed E-state index contributed by atoms with van der Waals surface area (Å²) in [5, 5.41) is 7.31. The first kappa shape index (κ1) is 18.0. The van der Waals surface area contributed by atoms with Gasteiger partial charge in [-0.1, -0.05) is 42.5 Å². The van der Waals surface area contributed by atoms with Crippen molar-refractivity contribution in [3.8, 4) is 5.75 Å². The summed E-state index contributed by atoms with van der Waals surface area (Å²) in [6, 6.07) is 18.5. The number of ether oxygens (including phenoxy) is 1. The van der Waals surface area contributed by atoms with Gasteiger partial charge in [0, 0.05) is 16.8 Å². The predicted molar refractivity (Wildman–Crippen MR) is 110 cm³/mol. The standard InChI is InChI=1S/C22H24N2O2S/c25-22(16-26-20-10-5-8-17-7-1-2-9-18(17)20)23-15-19(21-11-6-14-27-21)24-12-3-4-13-24/h1-2,5-11,14,19H,3-4,12-13,15-16H2,(H,23,25). The second-order valence-electron chi connectivity index (χ2n) is 6.84. The van der Waals surface area contributed by atoms with Gasteiger partial charge in [-0.25, -0.2) is 0 Å². The largest absolute Gasteiger partial charge is 0.483 e. The Morgan fingerprint density at radius 3 is 2.70 bits per heavy atom. The van der Waals surface area contributed by atoms with Crippen molar-refractivity contribution in [3.63, 3.8) is 0 Å². The molecule has 4 nitrogen and oxygen atoms in total. The summed E-state index contributed by atoms with van der Waals surface area (Å²) in [6.07, 6.45) is 2.47. The van der Waals surface area contributed by atoms with Crippen LogP contribution in [0.2, 0.25) is 0 Å². The van der Waals surface area contributed by atoms with Crippen LogP contribution in [-0.4, -0.2) is 37.0 Å². The van der Waals surface area contributed by atoms with E-state index in [0.717, 1.165) is 29.6 Å². The van der Waals surface area contributed by atoms with Gasteiger partial charge in [0.25, 0.3) is 5.91 Å². The average molecular weight is 381 g/mol. The second-order valence-corrected chi connectivity index (χ2v) is 7.82. The van der Waals surface area contributed by atoms with Crippen LogP contribution in [0.5, 0.6) is 5.75 Å². The number of benzene rings is 2. The highest BCUT2D eigenvalue weighted by Crippen LogP contribution is 2.28. The molecule has 2 aromatic carbocycles. The maximum absolute atomic E-state index is 12.4. The third-order valence-corrected chi connectivity index (χ3v) is 6.03. The van der Waals surface area contributed by atoms with Gasteiger partial charge in [-0.15, -0.1) is 11.3 Å². The number of fused-ring (bicyclic) bond motifs is 1. The SMILES string of the molecule is O=C(COc1cccc2ccccc12)NCC(c1cccs1)N1CCCC1. The molecular weight excluding hydrogens is 356 g/mol. The van der Waals surface area contributed by atoms with Gasteiger partial charge in [0.1, 0.15) is 5.75 Å². The average Bonchev–Trinajstić information content (AvgIpc) is 3.41. The maximum atomic E-state index is 12.4. The van der Waals surface area contributed by atoms with Crippen molar-refractivity contribution in [1.29, 1.82) is 0 Å². The lowest BCUT2D eigenvalue weighted by Gasteiger charge is -2.26. The molecule has 140 valence electrons. The number of amides is 1. The normalized spacial score (nSPS) is 15.7. The third-order valence-electron chi connectivity index (χ3n) is 5.05. The Bertz CT molecular complexity index is 883. The minimum absolute atomic E-state index is 0.0329. The molecule has 27 heavy (non-hydrogen) atoms. The molecule has 1 unspecified atom stereocenters. The van der Waals surface area contributed by atoms with E-state index in [4.69, 9.17) is 4.74 Å². The molecule has 3 aromatic rings. The molecule has 0 spiro atoms. The van der Waals surface area contributed by atoms with E-state index in [9.17, 15) is 4.79 Å². The first-order chi connectivity index (χ1) is 13.3. The molecule has 2 heterocycles. The van der Waals surface area contributed by atoms with E-state index < -0.39 is 0 Å². The van der Waals surface area contributed by atoms with E-state index in [1.54, 1.807) is 11.3 Å².